The number of nitrogens with one attached hydrogen (secondary N) is 1. The van der Waals surface area contributed by atoms with Gasteiger partial charge in [0.1, 0.15) is 5.60 Å². The van der Waals surface area contributed by atoms with Crippen LogP contribution >= 0.6 is 0 Å². The molecule has 1 amide bonds. The Kier molecular flexibility index (Phi) is 8.88. The average Bonchev–Trinajstić information content (AvgIpc) is 3.28. The second-order valence-corrected chi connectivity index (χ2v) is 13.5. The Balaban J connectivity index is 1.18. The molecule has 0 unspecified atom stereocenters. The number of Topliss-reactive ketones (excluding diaryl/α,β-unsaturated/α-hetero) is 1. The summed E-state index contributed by atoms with van der Waals surface area (Å²) in [6, 6.07) is 7.54. The van der Waals surface area contributed by atoms with E-state index in [9.17, 15) is 34.2 Å². The fourth-order valence-corrected chi connectivity index (χ4v) is 8.98. The first-order valence-corrected chi connectivity index (χ1v) is 15.6. The van der Waals surface area contributed by atoms with Crippen LogP contribution < -0.4 is 5.32 Å². The zero-order valence-corrected chi connectivity index (χ0v) is 25.7. The molecule has 0 saturated heterocycles. The first kappa shape index (κ1) is 32.0. The number of amides is 1. The minimum atomic E-state index is -1.76. The number of fused-ring (bicyclic) bond motifs is 5. The summed E-state index contributed by atoms with van der Waals surface area (Å²) in [6.45, 7) is 3.39. The highest BCUT2D eigenvalue weighted by Gasteiger charge is 2.68. The number of ketones is 2. The third-order valence-corrected chi connectivity index (χ3v) is 11.3. The molecule has 0 radical (unpaired) electrons. The lowest BCUT2D eigenvalue weighted by Crippen LogP contribution is -2.62. The van der Waals surface area contributed by atoms with Gasteiger partial charge in [-0.1, -0.05) is 49.8 Å². The molecule has 0 aliphatic heterocycles. The fourth-order valence-electron chi connectivity index (χ4n) is 8.98. The van der Waals surface area contributed by atoms with Crippen LogP contribution in [0.3, 0.4) is 0 Å². The monoisotopic (exact) mass is 609 g/mol. The number of ether oxygens (including phenoxy) is 2. The average molecular weight is 610 g/mol. The van der Waals surface area contributed by atoms with Crippen molar-refractivity contribution in [2.24, 2.45) is 28.6 Å². The van der Waals surface area contributed by atoms with Crippen molar-refractivity contribution in [3.05, 3.63) is 47.5 Å². The van der Waals surface area contributed by atoms with E-state index in [2.05, 4.69) is 12.2 Å². The van der Waals surface area contributed by atoms with E-state index in [0.717, 1.165) is 18.4 Å². The molecular weight excluding hydrogens is 566 g/mol. The van der Waals surface area contributed by atoms with Crippen LogP contribution in [-0.4, -0.2) is 65.0 Å². The summed E-state index contributed by atoms with van der Waals surface area (Å²) in [6.07, 6.45) is 4.25. The summed E-state index contributed by atoms with van der Waals surface area (Å²) in [5.41, 5.74) is -1.28. The van der Waals surface area contributed by atoms with E-state index in [4.69, 9.17) is 9.47 Å². The highest BCUT2D eigenvalue weighted by Crippen LogP contribution is 2.67. The molecule has 0 spiro atoms. The zero-order valence-electron chi connectivity index (χ0n) is 25.7. The first-order valence-electron chi connectivity index (χ1n) is 15.6. The van der Waals surface area contributed by atoms with Gasteiger partial charge in [0.15, 0.2) is 18.4 Å². The molecule has 3 N–H and O–H groups in total. The Hall–Kier alpha value is -3.37. The summed E-state index contributed by atoms with van der Waals surface area (Å²) < 4.78 is 10.0. The Labute approximate surface area is 257 Å². The summed E-state index contributed by atoms with van der Waals surface area (Å²) >= 11 is 0. The van der Waals surface area contributed by atoms with Gasteiger partial charge in [-0.25, -0.2) is 4.79 Å². The molecule has 1 aromatic rings. The number of hydrogen-bond donors (Lipinski definition) is 3. The molecule has 10 nitrogen and oxygen atoms in total. The zero-order chi connectivity index (χ0) is 31.9. The molecular formula is C34H43NO9. The Morgan fingerprint density at radius 1 is 1.05 bits per heavy atom. The van der Waals surface area contributed by atoms with Gasteiger partial charge < -0.3 is 25.0 Å². The van der Waals surface area contributed by atoms with Crippen molar-refractivity contribution in [3.63, 3.8) is 0 Å². The smallest absolute Gasteiger partial charge is 0.333 e. The second kappa shape index (κ2) is 12.2. The number of aliphatic hydroxyl groups excluding tert-OH is 1. The maximum Gasteiger partial charge on any atom is 0.333 e. The highest BCUT2D eigenvalue weighted by atomic mass is 16.5. The van der Waals surface area contributed by atoms with Gasteiger partial charge >= 0.3 is 11.9 Å². The van der Waals surface area contributed by atoms with E-state index in [1.807, 2.05) is 6.92 Å². The molecule has 0 aromatic heterocycles. The topological polar surface area (TPSA) is 156 Å². The van der Waals surface area contributed by atoms with E-state index in [1.54, 1.807) is 36.4 Å². The number of carbonyl (C=O) groups excluding carboxylic acids is 5. The van der Waals surface area contributed by atoms with Crippen molar-refractivity contribution in [1.29, 1.82) is 0 Å². The van der Waals surface area contributed by atoms with Gasteiger partial charge in [-0.05, 0) is 73.3 Å². The maximum atomic E-state index is 13.5. The maximum absolute atomic E-state index is 13.5. The molecule has 0 bridgehead atoms. The predicted molar refractivity (Wildman–Crippen MR) is 158 cm³/mol. The van der Waals surface area contributed by atoms with E-state index >= 15 is 0 Å². The number of benzene rings is 1. The Morgan fingerprint density at radius 2 is 1.77 bits per heavy atom. The van der Waals surface area contributed by atoms with Crippen molar-refractivity contribution >= 4 is 29.4 Å². The number of aliphatic hydroxyl groups is 2. The molecule has 1 aromatic carbocycles. The third-order valence-electron chi connectivity index (χ3n) is 11.3. The van der Waals surface area contributed by atoms with Crippen LogP contribution in [0.25, 0.3) is 0 Å². The quantitative estimate of drug-likeness (QED) is 0.358. The molecule has 8 atom stereocenters. The van der Waals surface area contributed by atoms with Crippen LogP contribution in [0, 0.1) is 28.6 Å². The van der Waals surface area contributed by atoms with Gasteiger partial charge in [0.05, 0.1) is 19.6 Å². The van der Waals surface area contributed by atoms with Gasteiger partial charge in [0, 0.05) is 18.3 Å². The number of allylic oxidation sites excluding steroid dienone is 1. The number of hydrogen-bond acceptors (Lipinski definition) is 9. The lowest BCUT2D eigenvalue weighted by atomic mass is 9.45. The Bertz CT molecular complexity index is 1360. The summed E-state index contributed by atoms with van der Waals surface area (Å²) in [5.74, 6) is -2.39. The molecule has 44 heavy (non-hydrogen) atoms. The lowest BCUT2D eigenvalue weighted by molar-refractivity contribution is -0.184. The molecule has 4 aliphatic rings. The number of carbonyl (C=O) groups is 5. The summed E-state index contributed by atoms with van der Waals surface area (Å²) in [5, 5.41) is 26.0. The number of esters is 2. The summed E-state index contributed by atoms with van der Waals surface area (Å²) in [7, 11) is 1.22. The van der Waals surface area contributed by atoms with Gasteiger partial charge in [-0.2, -0.15) is 0 Å². The normalized spacial score (nSPS) is 34.8. The van der Waals surface area contributed by atoms with Crippen molar-refractivity contribution < 1.29 is 43.7 Å². The van der Waals surface area contributed by atoms with Crippen molar-refractivity contribution in [1.82, 2.24) is 5.32 Å². The minimum Gasteiger partial charge on any atom is -0.467 e. The van der Waals surface area contributed by atoms with Crippen LogP contribution in [0.15, 0.2) is 42.0 Å². The SMILES string of the molecule is COC(=O)[C@H](NC(=O)CCC(=O)OCC(=O)[C@@]1(O)CC[C@@H]2[C@@H]3CCC4=CC(=O)CC[C@]4(C)[C@@H]3[C@H](O)C[C@@]21C)c1ccccc1. The molecule has 0 heterocycles. The molecule has 10 heteroatoms. The van der Waals surface area contributed by atoms with Gasteiger partial charge in [-0.15, -0.1) is 0 Å². The lowest BCUT2D eigenvalue weighted by Gasteiger charge is -2.60. The van der Waals surface area contributed by atoms with Crippen LogP contribution in [0.4, 0.5) is 0 Å². The third kappa shape index (κ3) is 5.51. The number of rotatable bonds is 9. The van der Waals surface area contributed by atoms with Gasteiger partial charge in [0.2, 0.25) is 11.7 Å². The van der Waals surface area contributed by atoms with Crippen molar-refractivity contribution in [2.75, 3.05) is 13.7 Å². The molecule has 3 fully saturated rings. The standard InChI is InChI=1S/C34H43NO9/c1-32-15-13-22(36)17-21(32)9-10-23-24-14-16-34(42,33(24,2)18-25(37)29(23)32)26(38)19-44-28(40)12-11-27(39)35-30(31(41)43-3)20-7-5-4-6-8-20/h4-8,17,23-25,29-30,37,42H,9-16,18-19H2,1-3H3,(H,35,39)/t23-,24+,25+,29-,30+,32-,33-,34-/m0/s1. The van der Waals surface area contributed by atoms with E-state index in [1.165, 1.54) is 7.11 Å². The first-order chi connectivity index (χ1) is 20.8. The van der Waals surface area contributed by atoms with E-state index in [-0.39, 0.29) is 54.6 Å². The van der Waals surface area contributed by atoms with Crippen LogP contribution in [0.5, 0.6) is 0 Å². The largest absolute Gasteiger partial charge is 0.467 e. The van der Waals surface area contributed by atoms with E-state index < -0.39 is 53.4 Å². The van der Waals surface area contributed by atoms with Crippen LogP contribution in [0.2, 0.25) is 0 Å². The summed E-state index contributed by atoms with van der Waals surface area (Å²) in [4.78, 5) is 62.9. The fraction of sp³-hybridized carbons (Fsp3) is 0.618. The van der Waals surface area contributed by atoms with Gasteiger partial charge in [0.25, 0.3) is 0 Å². The highest BCUT2D eigenvalue weighted by molar-refractivity contribution is 5.92. The van der Waals surface area contributed by atoms with Crippen molar-refractivity contribution in [3.8, 4) is 0 Å². The van der Waals surface area contributed by atoms with Crippen LogP contribution in [0.1, 0.15) is 83.2 Å². The van der Waals surface area contributed by atoms with E-state index in [0.29, 0.717) is 24.8 Å². The molecule has 5 rings (SSSR count). The molecule has 4 aliphatic carbocycles. The van der Waals surface area contributed by atoms with Gasteiger partial charge in [-0.3, -0.25) is 19.2 Å². The second-order valence-electron chi connectivity index (χ2n) is 13.5. The minimum absolute atomic E-state index is 0.00706. The Morgan fingerprint density at radius 3 is 2.48 bits per heavy atom. The van der Waals surface area contributed by atoms with Crippen LogP contribution in [-0.2, 0) is 33.4 Å². The number of methoxy groups -OCH3 is 1. The van der Waals surface area contributed by atoms with Crippen molar-refractivity contribution in [2.45, 2.75) is 89.4 Å². The molecule has 3 saturated carbocycles. The molecule has 238 valence electrons. The predicted octanol–water partition coefficient (Wildman–Crippen LogP) is 3.14.